The lowest BCUT2D eigenvalue weighted by atomic mass is 9.85. The van der Waals surface area contributed by atoms with E-state index in [9.17, 15) is 9.59 Å². The number of nitrogens with zero attached hydrogens (tertiary/aromatic N) is 4. The van der Waals surface area contributed by atoms with Crippen LogP contribution < -0.4 is 0 Å². The molecular formula is C26H30N4O4. The van der Waals surface area contributed by atoms with E-state index in [2.05, 4.69) is 16.0 Å². The summed E-state index contributed by atoms with van der Waals surface area (Å²) >= 11 is 0. The summed E-state index contributed by atoms with van der Waals surface area (Å²) in [5.74, 6) is 0.809. The molecule has 8 nitrogen and oxygen atoms in total. The Morgan fingerprint density at radius 2 is 1.85 bits per heavy atom. The Kier molecular flexibility index (Phi) is 6.34. The zero-order chi connectivity index (χ0) is 23.5. The molecule has 1 spiro atoms. The number of pyridine rings is 1. The summed E-state index contributed by atoms with van der Waals surface area (Å²) in [7, 11) is 1.65. The quantitative estimate of drug-likeness (QED) is 0.376. The molecule has 5 rings (SSSR count). The van der Waals surface area contributed by atoms with E-state index in [0.717, 1.165) is 16.7 Å². The Morgan fingerprint density at radius 1 is 1.06 bits per heavy atom. The summed E-state index contributed by atoms with van der Waals surface area (Å²) in [6.07, 6.45) is 3.58. The number of para-hydroxylation sites is 1. The number of aromatic nitrogens is 1. The number of hydrogen-bond acceptors (Lipinski definition) is 6. The molecular weight excluding hydrogens is 432 g/mol. The largest absolute Gasteiger partial charge is 0.460 e. The van der Waals surface area contributed by atoms with Gasteiger partial charge in [-0.1, -0.05) is 24.3 Å². The number of likely N-dealkylation sites (tertiary alicyclic amines) is 1. The molecule has 2 fully saturated rings. The van der Waals surface area contributed by atoms with Crippen molar-refractivity contribution in [3.05, 3.63) is 66.2 Å². The molecule has 34 heavy (non-hydrogen) atoms. The zero-order valence-corrected chi connectivity index (χ0v) is 19.5. The van der Waals surface area contributed by atoms with E-state index in [0.29, 0.717) is 57.7 Å². The first-order chi connectivity index (χ1) is 16.6. The molecule has 178 valence electrons. The number of amides is 3. The molecule has 2 aromatic heterocycles. The number of benzene rings is 1. The minimum Gasteiger partial charge on any atom is -0.460 e. The Hall–Kier alpha value is -3.23. The predicted molar refractivity (Wildman–Crippen MR) is 127 cm³/mol. The van der Waals surface area contributed by atoms with Gasteiger partial charge in [-0.15, -0.1) is 0 Å². The van der Waals surface area contributed by atoms with Crippen LogP contribution in [0.2, 0.25) is 0 Å². The van der Waals surface area contributed by atoms with Crippen LogP contribution in [0.5, 0.6) is 0 Å². The number of hydrogen-bond donors (Lipinski definition) is 0. The van der Waals surface area contributed by atoms with Crippen LogP contribution in [-0.4, -0.2) is 70.5 Å². The van der Waals surface area contributed by atoms with Crippen molar-refractivity contribution < 1.29 is 18.7 Å². The van der Waals surface area contributed by atoms with Crippen molar-refractivity contribution in [2.45, 2.75) is 37.9 Å². The topological polar surface area (TPSA) is 79.1 Å². The third kappa shape index (κ3) is 4.19. The minimum absolute atomic E-state index is 0.107. The number of rotatable bonds is 8. The van der Waals surface area contributed by atoms with Gasteiger partial charge in [0.2, 0.25) is 0 Å². The van der Waals surface area contributed by atoms with Crippen LogP contribution >= 0.6 is 0 Å². The predicted octanol–water partition coefficient (Wildman–Crippen LogP) is 3.66. The lowest BCUT2D eigenvalue weighted by Crippen LogP contribution is -2.56. The number of carbonyl (C=O) groups is 2. The Bertz CT molecular complexity index is 1120. The summed E-state index contributed by atoms with van der Waals surface area (Å²) in [6, 6.07) is 15.4. The van der Waals surface area contributed by atoms with Crippen molar-refractivity contribution in [3.63, 3.8) is 0 Å². The van der Waals surface area contributed by atoms with E-state index in [1.807, 2.05) is 42.5 Å². The molecule has 0 radical (unpaired) electrons. The number of ether oxygens (including phenoxy) is 1. The van der Waals surface area contributed by atoms with Crippen LogP contribution in [0.25, 0.3) is 11.0 Å². The van der Waals surface area contributed by atoms with E-state index in [-0.39, 0.29) is 18.5 Å². The SMILES string of the molecule is COCCCN1C(=O)N(Cc2ccccn2)C(=O)C12CCN(Cc1cc3ccccc3o1)CC2. The Balaban J connectivity index is 1.32. The average Bonchev–Trinajstić information content (AvgIpc) is 3.35. The third-order valence-electron chi connectivity index (χ3n) is 6.94. The van der Waals surface area contributed by atoms with Crippen molar-refractivity contribution in [2.75, 3.05) is 33.4 Å². The fourth-order valence-corrected chi connectivity index (χ4v) is 5.15. The highest BCUT2D eigenvalue weighted by atomic mass is 16.5. The third-order valence-corrected chi connectivity index (χ3v) is 6.94. The molecule has 1 aromatic carbocycles. The van der Waals surface area contributed by atoms with Crippen LogP contribution in [0.3, 0.4) is 0 Å². The number of carbonyl (C=O) groups excluding carboxylic acids is 2. The van der Waals surface area contributed by atoms with Crippen molar-refractivity contribution in [3.8, 4) is 0 Å². The molecule has 0 atom stereocenters. The van der Waals surface area contributed by atoms with Gasteiger partial charge in [-0.2, -0.15) is 0 Å². The van der Waals surface area contributed by atoms with Crippen molar-refractivity contribution in [1.82, 2.24) is 19.7 Å². The summed E-state index contributed by atoms with van der Waals surface area (Å²) in [5, 5.41) is 1.09. The van der Waals surface area contributed by atoms with E-state index in [1.165, 1.54) is 4.90 Å². The molecule has 8 heteroatoms. The normalized spacial score (nSPS) is 18.5. The van der Waals surface area contributed by atoms with Gasteiger partial charge in [-0.05, 0) is 43.5 Å². The molecule has 0 saturated carbocycles. The maximum Gasteiger partial charge on any atom is 0.328 e. The summed E-state index contributed by atoms with van der Waals surface area (Å²) in [6.45, 7) is 3.37. The van der Waals surface area contributed by atoms with Crippen LogP contribution in [0, 0.1) is 0 Å². The van der Waals surface area contributed by atoms with E-state index < -0.39 is 5.54 Å². The Labute approximate surface area is 199 Å². The molecule has 0 unspecified atom stereocenters. The second-order valence-corrected chi connectivity index (χ2v) is 9.05. The fourth-order valence-electron chi connectivity index (χ4n) is 5.15. The molecule has 3 amide bonds. The minimum atomic E-state index is -0.802. The maximum atomic E-state index is 13.7. The molecule has 0 aliphatic carbocycles. The first-order valence-electron chi connectivity index (χ1n) is 11.8. The highest BCUT2D eigenvalue weighted by Gasteiger charge is 2.57. The second kappa shape index (κ2) is 9.56. The van der Waals surface area contributed by atoms with Crippen LogP contribution in [-0.2, 0) is 22.6 Å². The van der Waals surface area contributed by atoms with Gasteiger partial charge in [0.1, 0.15) is 16.9 Å². The van der Waals surface area contributed by atoms with E-state index in [1.54, 1.807) is 18.2 Å². The lowest BCUT2D eigenvalue weighted by Gasteiger charge is -2.42. The number of urea groups is 1. The molecule has 0 bridgehead atoms. The van der Waals surface area contributed by atoms with Gasteiger partial charge in [-0.3, -0.25) is 19.6 Å². The first-order valence-corrected chi connectivity index (χ1v) is 11.8. The average molecular weight is 463 g/mol. The van der Waals surface area contributed by atoms with Crippen molar-refractivity contribution in [2.24, 2.45) is 0 Å². The van der Waals surface area contributed by atoms with Crippen LogP contribution in [0.1, 0.15) is 30.7 Å². The first kappa shape index (κ1) is 22.6. The second-order valence-electron chi connectivity index (χ2n) is 9.05. The maximum absolute atomic E-state index is 13.7. The highest BCUT2D eigenvalue weighted by molar-refractivity contribution is 6.07. The highest BCUT2D eigenvalue weighted by Crippen LogP contribution is 2.38. The number of piperidine rings is 1. The van der Waals surface area contributed by atoms with Gasteiger partial charge in [0.25, 0.3) is 5.91 Å². The van der Waals surface area contributed by atoms with Gasteiger partial charge in [0.05, 0.1) is 18.8 Å². The van der Waals surface area contributed by atoms with E-state index >= 15 is 0 Å². The standard InChI is InChI=1S/C26H30N4O4/c1-33-16-6-13-30-25(32)29(18-21-8-4-5-12-27-21)24(31)26(30)10-14-28(15-11-26)19-22-17-20-7-2-3-9-23(20)34-22/h2-5,7-9,12,17H,6,10-11,13-16,18-19H2,1H3. The van der Waals surface area contributed by atoms with Gasteiger partial charge in [0.15, 0.2) is 0 Å². The number of fused-ring (bicyclic) bond motifs is 1. The number of imide groups is 1. The molecule has 3 aromatic rings. The smallest absolute Gasteiger partial charge is 0.328 e. The fraction of sp³-hybridized carbons (Fsp3) is 0.423. The van der Waals surface area contributed by atoms with Crippen LogP contribution in [0.15, 0.2) is 59.1 Å². The monoisotopic (exact) mass is 462 g/mol. The zero-order valence-electron chi connectivity index (χ0n) is 19.5. The molecule has 2 aliphatic rings. The lowest BCUT2D eigenvalue weighted by molar-refractivity contribution is -0.136. The number of methoxy groups -OCH3 is 1. The number of furan rings is 1. The van der Waals surface area contributed by atoms with Crippen molar-refractivity contribution in [1.29, 1.82) is 0 Å². The van der Waals surface area contributed by atoms with E-state index in [4.69, 9.17) is 9.15 Å². The van der Waals surface area contributed by atoms with Crippen LogP contribution in [0.4, 0.5) is 4.79 Å². The Morgan fingerprint density at radius 3 is 2.59 bits per heavy atom. The molecule has 0 N–H and O–H groups in total. The van der Waals surface area contributed by atoms with Gasteiger partial charge >= 0.3 is 6.03 Å². The van der Waals surface area contributed by atoms with Gasteiger partial charge in [-0.25, -0.2) is 4.79 Å². The summed E-state index contributed by atoms with van der Waals surface area (Å²) in [5.41, 5.74) is 0.793. The van der Waals surface area contributed by atoms with Crippen molar-refractivity contribution >= 4 is 22.9 Å². The summed E-state index contributed by atoms with van der Waals surface area (Å²) in [4.78, 5) is 36.9. The summed E-state index contributed by atoms with van der Waals surface area (Å²) < 4.78 is 11.2. The molecule has 2 aliphatic heterocycles. The molecule has 2 saturated heterocycles. The molecule has 4 heterocycles. The van der Waals surface area contributed by atoms with Gasteiger partial charge < -0.3 is 14.1 Å². The van der Waals surface area contributed by atoms with Gasteiger partial charge in [0, 0.05) is 44.9 Å².